The first kappa shape index (κ1) is 16.0. The zero-order valence-electron chi connectivity index (χ0n) is 12.4. The molecule has 1 aromatic carbocycles. The first-order valence-electron chi connectivity index (χ1n) is 6.54. The van der Waals surface area contributed by atoms with Crippen molar-refractivity contribution in [1.29, 1.82) is 0 Å². The zero-order chi connectivity index (χ0) is 16.4. The average molecular weight is 323 g/mol. The zero-order valence-corrected chi connectivity index (χ0v) is 13.1. The van der Waals surface area contributed by atoms with Crippen molar-refractivity contribution in [3.8, 4) is 0 Å². The molecule has 2 rings (SSSR count). The Labute approximate surface area is 132 Å². The molecule has 22 heavy (non-hydrogen) atoms. The Bertz CT molecular complexity index is 755. The molecule has 0 spiro atoms. The third-order valence-electron chi connectivity index (χ3n) is 3.46. The predicted molar refractivity (Wildman–Crippen MR) is 83.2 cm³/mol. The number of halogens is 1. The Morgan fingerprint density at radius 3 is 2.68 bits per heavy atom. The second kappa shape index (κ2) is 6.15. The lowest BCUT2D eigenvalue weighted by molar-refractivity contribution is -0.389. The van der Waals surface area contributed by atoms with E-state index in [4.69, 9.17) is 11.6 Å². The number of rotatable bonds is 4. The van der Waals surface area contributed by atoms with Crippen molar-refractivity contribution in [1.82, 2.24) is 9.78 Å². The number of nitro groups is 1. The molecule has 116 valence electrons. The van der Waals surface area contributed by atoms with Crippen molar-refractivity contribution in [2.45, 2.75) is 27.3 Å². The van der Waals surface area contributed by atoms with E-state index >= 15 is 0 Å². The predicted octanol–water partition coefficient (Wildman–Crippen LogP) is 3.01. The van der Waals surface area contributed by atoms with Crippen LogP contribution < -0.4 is 5.32 Å². The van der Waals surface area contributed by atoms with E-state index in [0.29, 0.717) is 11.4 Å². The summed E-state index contributed by atoms with van der Waals surface area (Å²) in [7, 11) is 0. The Morgan fingerprint density at radius 1 is 1.41 bits per heavy atom. The molecule has 1 heterocycles. The molecule has 0 unspecified atom stereocenters. The van der Waals surface area contributed by atoms with E-state index in [-0.39, 0.29) is 17.5 Å². The number of benzene rings is 1. The first-order chi connectivity index (χ1) is 10.3. The summed E-state index contributed by atoms with van der Waals surface area (Å²) in [6.07, 6.45) is 0. The highest BCUT2D eigenvalue weighted by Gasteiger charge is 2.25. The minimum Gasteiger partial charge on any atom is -0.358 e. The molecule has 0 saturated heterocycles. The van der Waals surface area contributed by atoms with Crippen molar-refractivity contribution >= 4 is 29.0 Å². The van der Waals surface area contributed by atoms with Crippen molar-refractivity contribution < 1.29 is 9.72 Å². The number of aromatic nitrogens is 2. The summed E-state index contributed by atoms with van der Waals surface area (Å²) in [6, 6.07) is 5.59. The van der Waals surface area contributed by atoms with Crippen LogP contribution in [-0.2, 0) is 11.3 Å². The highest BCUT2D eigenvalue weighted by Crippen LogP contribution is 2.26. The van der Waals surface area contributed by atoms with Gasteiger partial charge in [-0.25, -0.2) is 0 Å². The van der Waals surface area contributed by atoms with Crippen molar-refractivity contribution in [3.63, 3.8) is 0 Å². The highest BCUT2D eigenvalue weighted by atomic mass is 35.5. The highest BCUT2D eigenvalue weighted by molar-refractivity contribution is 6.33. The van der Waals surface area contributed by atoms with Gasteiger partial charge in [0.15, 0.2) is 5.02 Å². The molecule has 0 aliphatic rings. The molecule has 8 heteroatoms. The molecule has 1 N–H and O–H groups in total. The Morgan fingerprint density at radius 2 is 2.09 bits per heavy atom. The summed E-state index contributed by atoms with van der Waals surface area (Å²) in [4.78, 5) is 22.2. The largest absolute Gasteiger partial charge is 0.408 e. The normalized spacial score (nSPS) is 10.5. The molecule has 1 aromatic heterocycles. The monoisotopic (exact) mass is 322 g/mol. The lowest BCUT2D eigenvalue weighted by atomic mass is 10.1. The molecule has 0 aliphatic carbocycles. The van der Waals surface area contributed by atoms with Gasteiger partial charge in [-0.3, -0.25) is 4.79 Å². The summed E-state index contributed by atoms with van der Waals surface area (Å²) in [5.74, 6) is -0.774. The van der Waals surface area contributed by atoms with Gasteiger partial charge in [0.1, 0.15) is 6.54 Å². The van der Waals surface area contributed by atoms with Crippen LogP contribution in [0, 0.1) is 30.9 Å². The third-order valence-corrected chi connectivity index (χ3v) is 3.90. The second-order valence-electron chi connectivity index (χ2n) is 4.93. The van der Waals surface area contributed by atoms with Gasteiger partial charge in [0, 0.05) is 5.69 Å². The van der Waals surface area contributed by atoms with Crippen molar-refractivity contribution in [2.24, 2.45) is 0 Å². The van der Waals surface area contributed by atoms with Gasteiger partial charge >= 0.3 is 5.82 Å². The maximum absolute atomic E-state index is 12.1. The van der Waals surface area contributed by atoms with Crippen LogP contribution in [0.3, 0.4) is 0 Å². The van der Waals surface area contributed by atoms with E-state index in [0.717, 1.165) is 11.1 Å². The number of hydrogen-bond donors (Lipinski definition) is 1. The van der Waals surface area contributed by atoms with Crippen LogP contribution in [0.25, 0.3) is 0 Å². The summed E-state index contributed by atoms with van der Waals surface area (Å²) in [5, 5.41) is 17.3. The molecular weight excluding hydrogens is 308 g/mol. The molecule has 0 aliphatic heterocycles. The fourth-order valence-corrected chi connectivity index (χ4v) is 2.20. The number of nitrogens with zero attached hydrogens (tertiary/aromatic N) is 3. The van der Waals surface area contributed by atoms with Crippen LogP contribution >= 0.6 is 11.6 Å². The van der Waals surface area contributed by atoms with E-state index < -0.39 is 10.7 Å². The summed E-state index contributed by atoms with van der Waals surface area (Å²) >= 11 is 5.84. The van der Waals surface area contributed by atoms with Gasteiger partial charge in [-0.1, -0.05) is 23.7 Å². The van der Waals surface area contributed by atoms with Gasteiger partial charge in [-0.2, -0.15) is 4.68 Å². The van der Waals surface area contributed by atoms with Crippen molar-refractivity contribution in [3.05, 3.63) is 50.2 Å². The van der Waals surface area contributed by atoms with E-state index in [1.165, 1.54) is 4.68 Å². The Kier molecular flexibility index (Phi) is 4.46. The van der Waals surface area contributed by atoms with Gasteiger partial charge in [0.25, 0.3) is 0 Å². The molecule has 0 bridgehead atoms. The smallest absolute Gasteiger partial charge is 0.358 e. The molecular formula is C14H15ClN4O3. The summed E-state index contributed by atoms with van der Waals surface area (Å²) in [5.41, 5.74) is 3.11. The molecule has 0 fully saturated rings. The van der Waals surface area contributed by atoms with Crippen LogP contribution in [-0.4, -0.2) is 20.6 Å². The number of hydrogen-bond acceptors (Lipinski definition) is 4. The number of carbonyl (C=O) groups excluding carboxylic acids is 1. The molecule has 0 radical (unpaired) electrons. The fraction of sp³-hybridized carbons (Fsp3) is 0.286. The lowest BCUT2D eigenvalue weighted by Gasteiger charge is -2.09. The van der Waals surface area contributed by atoms with E-state index in [1.54, 1.807) is 13.0 Å². The third kappa shape index (κ3) is 3.09. The van der Waals surface area contributed by atoms with Gasteiger partial charge in [-0.05, 0) is 42.9 Å². The van der Waals surface area contributed by atoms with Crippen LogP contribution in [0.2, 0.25) is 5.02 Å². The maximum Gasteiger partial charge on any atom is 0.408 e. The summed E-state index contributed by atoms with van der Waals surface area (Å²) < 4.78 is 1.22. The van der Waals surface area contributed by atoms with E-state index in [1.807, 2.05) is 26.0 Å². The van der Waals surface area contributed by atoms with Crippen LogP contribution in [0.15, 0.2) is 18.2 Å². The van der Waals surface area contributed by atoms with Crippen molar-refractivity contribution in [2.75, 3.05) is 5.32 Å². The average Bonchev–Trinajstić information content (AvgIpc) is 2.72. The molecule has 1 amide bonds. The second-order valence-corrected chi connectivity index (χ2v) is 5.31. The SMILES string of the molecule is Cc1cccc(NC(=O)Cn2nc([N+](=O)[O-])c(Cl)c2C)c1C. The molecule has 0 atom stereocenters. The standard InChI is InChI=1S/C14H15ClN4O3/c1-8-5-4-6-11(9(8)2)16-12(20)7-18-10(3)13(15)14(17-18)19(21)22/h4-6H,7H2,1-3H3,(H,16,20). The molecule has 7 nitrogen and oxygen atoms in total. The quantitative estimate of drug-likeness (QED) is 0.692. The Balaban J connectivity index is 2.18. The van der Waals surface area contributed by atoms with Crippen LogP contribution in [0.1, 0.15) is 16.8 Å². The lowest BCUT2D eigenvalue weighted by Crippen LogP contribution is -2.21. The Hall–Kier alpha value is -2.41. The van der Waals surface area contributed by atoms with E-state index in [2.05, 4.69) is 10.4 Å². The first-order valence-corrected chi connectivity index (χ1v) is 6.92. The minimum atomic E-state index is -0.672. The number of carbonyl (C=O) groups is 1. The summed E-state index contributed by atoms with van der Waals surface area (Å²) in [6.45, 7) is 5.29. The van der Waals surface area contributed by atoms with Gasteiger partial charge in [0.2, 0.25) is 5.91 Å². The molecule has 2 aromatic rings. The number of aryl methyl sites for hydroxylation is 1. The van der Waals surface area contributed by atoms with Crippen LogP contribution in [0.4, 0.5) is 11.5 Å². The number of nitrogens with one attached hydrogen (secondary N) is 1. The fourth-order valence-electron chi connectivity index (χ4n) is 1.99. The van der Waals surface area contributed by atoms with Gasteiger partial charge in [-0.15, -0.1) is 0 Å². The molecule has 0 saturated carbocycles. The van der Waals surface area contributed by atoms with Gasteiger partial charge < -0.3 is 15.4 Å². The van der Waals surface area contributed by atoms with Crippen LogP contribution in [0.5, 0.6) is 0 Å². The number of anilines is 1. The number of amides is 1. The maximum atomic E-state index is 12.1. The minimum absolute atomic E-state index is 0.0514. The topological polar surface area (TPSA) is 90.1 Å². The van der Waals surface area contributed by atoms with Gasteiger partial charge in [0.05, 0.1) is 10.8 Å². The van der Waals surface area contributed by atoms with E-state index in [9.17, 15) is 14.9 Å².